The number of allylic oxidation sites excluding steroid dienone is 6. The van der Waals surface area contributed by atoms with E-state index >= 15 is 0 Å². The lowest BCUT2D eigenvalue weighted by atomic mass is 9.80. The van der Waals surface area contributed by atoms with Gasteiger partial charge in [-0.15, -0.1) is 0 Å². The molecule has 0 radical (unpaired) electrons. The van der Waals surface area contributed by atoms with Crippen LogP contribution < -0.4 is 5.32 Å². The molecule has 0 aromatic rings. The molecule has 0 aromatic heterocycles. The largest absolute Gasteiger partial charge is 0.375 e. The fourth-order valence-corrected chi connectivity index (χ4v) is 5.81. The maximum atomic E-state index is 12.5. The van der Waals surface area contributed by atoms with Gasteiger partial charge in [-0.3, -0.25) is 19.8 Å². The van der Waals surface area contributed by atoms with Crippen LogP contribution in [0.4, 0.5) is 0 Å². The average molecular weight is 591 g/mol. The normalized spacial score (nSPS) is 31.7. The average Bonchev–Trinajstić information content (AvgIpc) is 3.47. The van der Waals surface area contributed by atoms with E-state index in [1.165, 1.54) is 0 Å². The number of carbonyl (C=O) groups excluding carboxylic acids is 1. The fraction of sp³-hybridized carbons (Fsp3) is 0.667. The molecule has 1 saturated heterocycles. The molecule has 4 aliphatic rings. The van der Waals surface area contributed by atoms with Crippen LogP contribution >= 0.6 is 0 Å². The molecule has 2 atom stereocenters. The van der Waals surface area contributed by atoms with Gasteiger partial charge in [0.2, 0.25) is 5.91 Å². The molecule has 1 amide bonds. The Kier molecular flexibility index (Phi) is 8.56. The third kappa shape index (κ3) is 7.91. The van der Waals surface area contributed by atoms with Gasteiger partial charge in [0.1, 0.15) is 0 Å². The third-order valence-corrected chi connectivity index (χ3v) is 8.76. The number of nitrogens with one attached hydrogen (secondary N) is 1. The van der Waals surface area contributed by atoms with Crippen molar-refractivity contribution in [2.75, 3.05) is 13.2 Å². The zero-order valence-corrected chi connectivity index (χ0v) is 28.7. The zero-order chi connectivity index (χ0) is 32.2. The topological polar surface area (TPSA) is 84.6 Å². The molecule has 0 aromatic carbocycles. The number of ether oxygens (including phenoxy) is 2. The lowest BCUT2D eigenvalue weighted by Crippen LogP contribution is -2.34. The van der Waals surface area contributed by atoms with E-state index in [0.29, 0.717) is 19.6 Å². The Morgan fingerprint density at radius 2 is 1.30 bits per heavy atom. The van der Waals surface area contributed by atoms with Crippen molar-refractivity contribution in [2.24, 2.45) is 36.6 Å². The highest BCUT2D eigenvalue weighted by Crippen LogP contribution is 2.44. The molecule has 7 heteroatoms. The van der Waals surface area contributed by atoms with E-state index < -0.39 is 5.41 Å². The Balaban J connectivity index is 1.68. The first-order valence-corrected chi connectivity index (χ1v) is 15.7. The molecule has 236 valence electrons. The minimum atomic E-state index is -0.412. The summed E-state index contributed by atoms with van der Waals surface area (Å²) in [5.74, 6) is 0.0213. The van der Waals surface area contributed by atoms with Crippen LogP contribution in [0.15, 0.2) is 62.6 Å². The highest BCUT2D eigenvalue weighted by atomic mass is 16.5. The number of rotatable bonds is 7. The summed E-state index contributed by atoms with van der Waals surface area (Å²) < 4.78 is 12.5. The van der Waals surface area contributed by atoms with Gasteiger partial charge in [-0.25, -0.2) is 0 Å². The van der Waals surface area contributed by atoms with E-state index in [0.717, 1.165) is 59.2 Å². The number of aliphatic imine (C=N–C) groups is 3. The molecule has 2 unspecified atom stereocenters. The summed E-state index contributed by atoms with van der Waals surface area (Å²) in [5.41, 5.74) is 5.32. The van der Waals surface area contributed by atoms with Gasteiger partial charge in [0.25, 0.3) is 0 Å². The van der Waals surface area contributed by atoms with E-state index in [4.69, 9.17) is 24.5 Å². The number of hydrogen-bond donors (Lipinski definition) is 1. The molecule has 0 spiro atoms. The van der Waals surface area contributed by atoms with Crippen LogP contribution in [0, 0.1) is 21.7 Å². The standard InChI is InChI=1S/C36H54N4O3/c1-23-33(8,9)17-24(37-23)14-25-19-35(12,21-42-31(2,3)4)29(39-25)16-27-34(10,11)18-26(38-27)15-28-36(13,20-30(41)40-28)22-43-32(5,6)7/h14-16H,1,17-22H2,2-13H3,(H,40,41). The summed E-state index contributed by atoms with van der Waals surface area (Å²) in [5, 5.41) is 3.09. The molecule has 4 heterocycles. The van der Waals surface area contributed by atoms with Crippen molar-refractivity contribution in [1.29, 1.82) is 0 Å². The number of hydrogen-bond acceptors (Lipinski definition) is 6. The van der Waals surface area contributed by atoms with Crippen molar-refractivity contribution in [2.45, 2.75) is 120 Å². The number of nitrogens with zero attached hydrogens (tertiary/aromatic N) is 3. The smallest absolute Gasteiger partial charge is 0.225 e. The second kappa shape index (κ2) is 11.1. The van der Waals surface area contributed by atoms with Crippen molar-refractivity contribution in [3.63, 3.8) is 0 Å². The highest BCUT2D eigenvalue weighted by Gasteiger charge is 2.43. The predicted octanol–water partition coefficient (Wildman–Crippen LogP) is 7.90. The molecule has 0 aliphatic carbocycles. The molecular weight excluding hydrogens is 536 g/mol. The lowest BCUT2D eigenvalue weighted by Gasteiger charge is -2.30. The zero-order valence-electron chi connectivity index (χ0n) is 28.7. The Labute approximate surface area is 259 Å². The van der Waals surface area contributed by atoms with Crippen molar-refractivity contribution < 1.29 is 14.3 Å². The van der Waals surface area contributed by atoms with Crippen LogP contribution in [-0.4, -0.2) is 47.5 Å². The minimum absolute atomic E-state index is 0.0213. The summed E-state index contributed by atoms with van der Waals surface area (Å²) in [6.45, 7) is 30.7. The first-order valence-electron chi connectivity index (χ1n) is 15.7. The van der Waals surface area contributed by atoms with Gasteiger partial charge in [-0.05, 0) is 59.8 Å². The van der Waals surface area contributed by atoms with Gasteiger partial charge in [0, 0.05) is 81.6 Å². The Morgan fingerprint density at radius 3 is 1.86 bits per heavy atom. The SMILES string of the molecule is C=C1N=C(C=C2CC(C)(COC(C)(C)C)C(C=C3N=C(C=C4NC(=O)CC4(C)COC(C)(C)C)CC3(C)C)=N2)CC1(C)C. The summed E-state index contributed by atoms with van der Waals surface area (Å²) in [7, 11) is 0. The molecular formula is C36H54N4O3. The maximum Gasteiger partial charge on any atom is 0.225 e. The Hall–Kier alpha value is -2.64. The second-order valence-corrected chi connectivity index (χ2v) is 16.8. The Bertz CT molecular complexity index is 1370. The van der Waals surface area contributed by atoms with Gasteiger partial charge in [-0.1, -0.05) is 48.1 Å². The molecule has 0 saturated carbocycles. The van der Waals surface area contributed by atoms with Gasteiger partial charge < -0.3 is 14.8 Å². The van der Waals surface area contributed by atoms with Gasteiger partial charge in [0.15, 0.2) is 0 Å². The summed E-state index contributed by atoms with van der Waals surface area (Å²) >= 11 is 0. The molecule has 0 bridgehead atoms. The highest BCUT2D eigenvalue weighted by molar-refractivity contribution is 6.06. The first-order chi connectivity index (χ1) is 19.5. The summed E-state index contributed by atoms with van der Waals surface area (Å²) in [6.07, 6.45) is 9.19. The van der Waals surface area contributed by atoms with Crippen LogP contribution in [0.1, 0.15) is 109 Å². The summed E-state index contributed by atoms with van der Waals surface area (Å²) in [4.78, 5) is 27.6. The molecule has 1 fully saturated rings. The lowest BCUT2D eigenvalue weighted by molar-refractivity contribution is -0.120. The molecule has 4 aliphatic heterocycles. The number of carbonyl (C=O) groups is 1. The summed E-state index contributed by atoms with van der Waals surface area (Å²) in [6, 6.07) is 0. The van der Waals surface area contributed by atoms with Crippen molar-refractivity contribution in [1.82, 2.24) is 5.32 Å². The predicted molar refractivity (Wildman–Crippen MR) is 177 cm³/mol. The maximum absolute atomic E-state index is 12.5. The van der Waals surface area contributed by atoms with E-state index in [-0.39, 0.29) is 33.4 Å². The second-order valence-electron chi connectivity index (χ2n) is 16.8. The van der Waals surface area contributed by atoms with E-state index in [2.05, 4.69) is 92.4 Å². The first kappa shape index (κ1) is 33.3. The van der Waals surface area contributed by atoms with Crippen molar-refractivity contribution >= 4 is 23.0 Å². The van der Waals surface area contributed by atoms with Crippen LogP contribution in [0.2, 0.25) is 0 Å². The van der Waals surface area contributed by atoms with Crippen LogP contribution in [0.5, 0.6) is 0 Å². The monoisotopic (exact) mass is 590 g/mol. The quantitative estimate of drug-likeness (QED) is 0.327. The van der Waals surface area contributed by atoms with Crippen LogP contribution in [0.3, 0.4) is 0 Å². The van der Waals surface area contributed by atoms with E-state index in [1.54, 1.807) is 0 Å². The molecule has 4 rings (SSSR count). The minimum Gasteiger partial charge on any atom is -0.375 e. The molecule has 43 heavy (non-hydrogen) atoms. The van der Waals surface area contributed by atoms with Crippen molar-refractivity contribution in [3.8, 4) is 0 Å². The van der Waals surface area contributed by atoms with E-state index in [1.807, 2.05) is 20.8 Å². The van der Waals surface area contributed by atoms with E-state index in [9.17, 15) is 4.79 Å². The van der Waals surface area contributed by atoms with Crippen LogP contribution in [0.25, 0.3) is 0 Å². The molecule has 7 nitrogen and oxygen atoms in total. The third-order valence-electron chi connectivity index (χ3n) is 8.76. The van der Waals surface area contributed by atoms with Gasteiger partial charge >= 0.3 is 0 Å². The van der Waals surface area contributed by atoms with Crippen molar-refractivity contribution in [3.05, 3.63) is 47.6 Å². The Morgan fingerprint density at radius 1 is 0.744 bits per heavy atom. The van der Waals surface area contributed by atoms with Gasteiger partial charge in [-0.2, -0.15) is 0 Å². The van der Waals surface area contributed by atoms with Gasteiger partial charge in [0.05, 0.1) is 30.1 Å². The molecule has 1 N–H and O–H groups in total. The number of amides is 1. The fourth-order valence-electron chi connectivity index (χ4n) is 5.81. The van der Waals surface area contributed by atoms with Crippen LogP contribution in [-0.2, 0) is 14.3 Å².